The van der Waals surface area contributed by atoms with E-state index >= 15 is 0 Å². The van der Waals surface area contributed by atoms with Crippen molar-refractivity contribution in [3.8, 4) is 0 Å². The fourth-order valence-corrected chi connectivity index (χ4v) is 5.19. The molecule has 5 heteroatoms. The lowest BCUT2D eigenvalue weighted by molar-refractivity contribution is -0.137. The van der Waals surface area contributed by atoms with Crippen LogP contribution in [-0.4, -0.2) is 12.5 Å². The van der Waals surface area contributed by atoms with Crippen molar-refractivity contribution < 1.29 is 18.0 Å². The molecule has 2 nitrogen and oxygen atoms in total. The van der Waals surface area contributed by atoms with E-state index in [0.717, 1.165) is 25.0 Å². The fraction of sp³-hybridized carbons (Fsp3) is 0.611. The number of benzene rings is 1. The number of amides is 1. The maximum Gasteiger partial charge on any atom is 0.416 e. The number of alkyl halides is 3. The molecule has 3 aliphatic carbocycles. The number of anilines is 1. The molecule has 1 aromatic rings. The number of hydrogen-bond acceptors (Lipinski definition) is 1. The highest BCUT2D eigenvalue weighted by Crippen LogP contribution is 2.55. The van der Waals surface area contributed by atoms with E-state index in [4.69, 9.17) is 0 Å². The van der Waals surface area contributed by atoms with Gasteiger partial charge in [-0.2, -0.15) is 13.2 Å². The van der Waals surface area contributed by atoms with Crippen LogP contribution in [0.15, 0.2) is 24.3 Å². The Balaban J connectivity index is 1.66. The second-order valence-corrected chi connectivity index (χ2v) is 7.40. The first-order valence-corrected chi connectivity index (χ1v) is 8.35. The Bertz CT molecular complexity index is 641. The van der Waals surface area contributed by atoms with Crippen LogP contribution in [0.3, 0.4) is 0 Å². The van der Waals surface area contributed by atoms with Crippen molar-refractivity contribution in [2.75, 3.05) is 11.4 Å². The molecule has 4 unspecified atom stereocenters. The Labute approximate surface area is 133 Å². The van der Waals surface area contributed by atoms with Gasteiger partial charge in [-0.05, 0) is 61.1 Å². The van der Waals surface area contributed by atoms with E-state index in [9.17, 15) is 18.0 Å². The van der Waals surface area contributed by atoms with Gasteiger partial charge in [-0.3, -0.25) is 4.79 Å². The minimum atomic E-state index is -4.38. The van der Waals surface area contributed by atoms with Crippen LogP contribution in [0, 0.1) is 29.6 Å². The molecule has 1 aromatic carbocycles. The second-order valence-electron chi connectivity index (χ2n) is 7.40. The highest BCUT2D eigenvalue weighted by molar-refractivity contribution is 5.98. The lowest BCUT2D eigenvalue weighted by Crippen LogP contribution is -2.44. The molecule has 0 N–H and O–H groups in total. The predicted molar refractivity (Wildman–Crippen MR) is 80.8 cm³/mol. The standard InChI is InChI=1S/C18H20F3NO/c1-10-7-11-5-6-14(10)16-15(11)9-22(17(16)23)13-4-2-3-12(8-13)18(19,20)21/h2-4,8,10-11,14-16H,5-7,9H2,1H3/t10?,11?,14?,15-,16?/m1/s1. The summed E-state index contributed by atoms with van der Waals surface area (Å²) in [7, 11) is 0. The third kappa shape index (κ3) is 2.27. The van der Waals surface area contributed by atoms with E-state index in [0.29, 0.717) is 35.9 Å². The van der Waals surface area contributed by atoms with Gasteiger partial charge in [0.25, 0.3) is 0 Å². The summed E-state index contributed by atoms with van der Waals surface area (Å²) in [6.07, 6.45) is -0.955. The lowest BCUT2D eigenvalue weighted by Gasteiger charge is -2.47. The number of rotatable bonds is 1. The molecule has 124 valence electrons. The van der Waals surface area contributed by atoms with Crippen molar-refractivity contribution >= 4 is 11.6 Å². The zero-order chi connectivity index (χ0) is 16.4. The van der Waals surface area contributed by atoms with Crippen LogP contribution in [0.2, 0.25) is 0 Å². The molecule has 1 amide bonds. The van der Waals surface area contributed by atoms with Gasteiger partial charge < -0.3 is 4.90 Å². The van der Waals surface area contributed by atoms with Crippen molar-refractivity contribution in [3.05, 3.63) is 29.8 Å². The fourth-order valence-electron chi connectivity index (χ4n) is 5.19. The first-order valence-electron chi connectivity index (χ1n) is 8.35. The Morgan fingerprint density at radius 2 is 1.96 bits per heavy atom. The topological polar surface area (TPSA) is 20.3 Å². The van der Waals surface area contributed by atoms with Crippen LogP contribution in [0.1, 0.15) is 31.7 Å². The van der Waals surface area contributed by atoms with Gasteiger partial charge in [-0.25, -0.2) is 0 Å². The molecule has 0 radical (unpaired) electrons. The Morgan fingerprint density at radius 1 is 1.17 bits per heavy atom. The molecule has 4 fully saturated rings. The van der Waals surface area contributed by atoms with Gasteiger partial charge in [-0.15, -0.1) is 0 Å². The number of carbonyl (C=O) groups is 1. The van der Waals surface area contributed by atoms with E-state index in [2.05, 4.69) is 6.92 Å². The van der Waals surface area contributed by atoms with Gasteiger partial charge in [0.2, 0.25) is 5.91 Å². The average Bonchev–Trinajstić information content (AvgIpc) is 2.87. The first-order chi connectivity index (χ1) is 10.9. The van der Waals surface area contributed by atoms with Crippen molar-refractivity contribution in [3.63, 3.8) is 0 Å². The predicted octanol–water partition coefficient (Wildman–Crippen LogP) is 4.35. The molecular weight excluding hydrogens is 303 g/mol. The molecule has 4 aliphatic rings. The van der Waals surface area contributed by atoms with Crippen LogP contribution >= 0.6 is 0 Å². The Morgan fingerprint density at radius 3 is 2.65 bits per heavy atom. The van der Waals surface area contributed by atoms with Gasteiger partial charge in [-0.1, -0.05) is 13.0 Å². The molecular formula is C18H20F3NO. The minimum absolute atomic E-state index is 0.0204. The number of fused-ring (bicyclic) bond motifs is 2. The first kappa shape index (κ1) is 15.0. The normalized spacial score (nSPS) is 36.4. The van der Waals surface area contributed by atoms with Crippen LogP contribution in [0.25, 0.3) is 0 Å². The summed E-state index contributed by atoms with van der Waals surface area (Å²) in [6.45, 7) is 2.80. The molecule has 5 rings (SSSR count). The van der Waals surface area contributed by atoms with Gasteiger partial charge >= 0.3 is 6.18 Å². The molecule has 1 aliphatic heterocycles. The summed E-state index contributed by atoms with van der Waals surface area (Å²) in [6, 6.07) is 5.18. The summed E-state index contributed by atoms with van der Waals surface area (Å²) < 4.78 is 38.8. The number of hydrogen-bond donors (Lipinski definition) is 0. The van der Waals surface area contributed by atoms with Gasteiger partial charge in [0.15, 0.2) is 0 Å². The largest absolute Gasteiger partial charge is 0.416 e. The van der Waals surface area contributed by atoms with Crippen LogP contribution in [0.4, 0.5) is 18.9 Å². The Hall–Kier alpha value is -1.52. The van der Waals surface area contributed by atoms with E-state index < -0.39 is 11.7 Å². The Kier molecular flexibility index (Phi) is 3.26. The molecule has 3 saturated carbocycles. The highest BCUT2D eigenvalue weighted by Gasteiger charge is 2.55. The van der Waals surface area contributed by atoms with Gasteiger partial charge in [0, 0.05) is 18.2 Å². The van der Waals surface area contributed by atoms with Crippen LogP contribution in [-0.2, 0) is 11.0 Å². The van der Waals surface area contributed by atoms with E-state index in [1.54, 1.807) is 11.0 Å². The zero-order valence-electron chi connectivity index (χ0n) is 13.0. The molecule has 0 aromatic heterocycles. The smallest absolute Gasteiger partial charge is 0.312 e. The van der Waals surface area contributed by atoms with Gasteiger partial charge in [0.1, 0.15) is 0 Å². The SMILES string of the molecule is CC1CC2CCC1C1C(=O)N(c3cccc(C(F)(F)F)c3)C[C@H]21. The number of halogens is 3. The summed E-state index contributed by atoms with van der Waals surface area (Å²) in [5.41, 5.74) is -0.291. The minimum Gasteiger partial charge on any atom is -0.312 e. The van der Waals surface area contributed by atoms with Crippen molar-refractivity contribution in [2.45, 2.75) is 32.4 Å². The third-order valence-corrected chi connectivity index (χ3v) is 6.23. The van der Waals surface area contributed by atoms with Crippen molar-refractivity contribution in [1.29, 1.82) is 0 Å². The van der Waals surface area contributed by atoms with Gasteiger partial charge in [0.05, 0.1) is 5.56 Å². The van der Waals surface area contributed by atoms with Crippen LogP contribution < -0.4 is 4.90 Å². The molecule has 1 heterocycles. The van der Waals surface area contributed by atoms with Crippen molar-refractivity contribution in [1.82, 2.24) is 0 Å². The average molecular weight is 323 g/mol. The number of nitrogens with zero attached hydrogens (tertiary/aromatic N) is 1. The molecule has 23 heavy (non-hydrogen) atoms. The van der Waals surface area contributed by atoms with E-state index in [-0.39, 0.29) is 11.8 Å². The zero-order valence-corrected chi connectivity index (χ0v) is 13.0. The molecule has 1 saturated heterocycles. The molecule has 2 bridgehead atoms. The summed E-state index contributed by atoms with van der Waals surface area (Å²) in [5, 5.41) is 0. The van der Waals surface area contributed by atoms with Crippen molar-refractivity contribution in [2.24, 2.45) is 29.6 Å². The number of carbonyl (C=O) groups excluding carboxylic acids is 1. The monoisotopic (exact) mass is 323 g/mol. The molecule has 5 atom stereocenters. The lowest BCUT2D eigenvalue weighted by atomic mass is 9.56. The van der Waals surface area contributed by atoms with E-state index in [1.807, 2.05) is 0 Å². The summed E-state index contributed by atoms with van der Waals surface area (Å²) in [4.78, 5) is 14.5. The van der Waals surface area contributed by atoms with Crippen LogP contribution in [0.5, 0.6) is 0 Å². The highest BCUT2D eigenvalue weighted by atomic mass is 19.4. The maximum absolute atomic E-state index is 12.9. The summed E-state index contributed by atoms with van der Waals surface area (Å²) >= 11 is 0. The maximum atomic E-state index is 12.9. The summed E-state index contributed by atoms with van der Waals surface area (Å²) in [5.74, 6) is 1.91. The van der Waals surface area contributed by atoms with E-state index in [1.165, 1.54) is 12.5 Å². The molecule has 0 spiro atoms. The third-order valence-electron chi connectivity index (χ3n) is 6.23. The quantitative estimate of drug-likeness (QED) is 0.752. The second kappa shape index (κ2) is 4.99.